The van der Waals surface area contributed by atoms with Crippen molar-refractivity contribution < 1.29 is 4.79 Å². The Hall–Kier alpha value is -0.240. The molecule has 1 aliphatic rings. The average molecular weight is 246 g/mol. The summed E-state index contributed by atoms with van der Waals surface area (Å²) in [5, 5.41) is 2.97. The fraction of sp³-hybridized carbons (Fsp3) is 0.923. The van der Waals surface area contributed by atoms with Gasteiger partial charge in [0, 0.05) is 18.3 Å². The van der Waals surface area contributed by atoms with Crippen LogP contribution < -0.4 is 5.32 Å². The highest BCUT2D eigenvalue weighted by atomic mass is 35.5. The van der Waals surface area contributed by atoms with Gasteiger partial charge in [-0.25, -0.2) is 0 Å². The third kappa shape index (κ3) is 4.73. The summed E-state index contributed by atoms with van der Waals surface area (Å²) in [6.07, 6.45) is 6.52. The van der Waals surface area contributed by atoms with Crippen molar-refractivity contribution in [2.75, 3.05) is 12.4 Å². The lowest BCUT2D eigenvalue weighted by Crippen LogP contribution is -2.32. The minimum Gasteiger partial charge on any atom is -0.356 e. The maximum atomic E-state index is 11.5. The molecule has 0 saturated heterocycles. The average Bonchev–Trinajstić information content (AvgIpc) is 2.30. The number of carbonyl (C=O) groups is 1. The summed E-state index contributed by atoms with van der Waals surface area (Å²) in [5.41, 5.74) is 0. The Morgan fingerprint density at radius 2 is 2.00 bits per heavy atom. The number of amides is 1. The molecule has 0 aromatic carbocycles. The van der Waals surface area contributed by atoms with Crippen molar-refractivity contribution in [2.24, 2.45) is 17.8 Å². The zero-order chi connectivity index (χ0) is 12.0. The topological polar surface area (TPSA) is 29.1 Å². The number of hydrogen-bond donors (Lipinski definition) is 1. The van der Waals surface area contributed by atoms with Gasteiger partial charge >= 0.3 is 0 Å². The van der Waals surface area contributed by atoms with E-state index in [0.29, 0.717) is 5.88 Å². The molecule has 1 amide bonds. The minimum atomic E-state index is -0.0620. The Balaban J connectivity index is 2.09. The van der Waals surface area contributed by atoms with Gasteiger partial charge in [-0.2, -0.15) is 0 Å². The predicted molar refractivity (Wildman–Crippen MR) is 68.6 cm³/mol. The molecular formula is C13H24ClNO. The zero-order valence-electron chi connectivity index (χ0n) is 10.5. The largest absolute Gasteiger partial charge is 0.356 e. The number of rotatable bonds is 5. The van der Waals surface area contributed by atoms with E-state index in [2.05, 4.69) is 12.2 Å². The molecule has 0 spiro atoms. The molecule has 1 fully saturated rings. The van der Waals surface area contributed by atoms with Gasteiger partial charge in [-0.1, -0.05) is 39.5 Å². The molecule has 0 aliphatic heterocycles. The fourth-order valence-corrected chi connectivity index (χ4v) is 2.40. The van der Waals surface area contributed by atoms with E-state index in [-0.39, 0.29) is 11.8 Å². The lowest BCUT2D eigenvalue weighted by Gasteiger charge is -2.26. The Labute approximate surface area is 104 Å². The van der Waals surface area contributed by atoms with Gasteiger partial charge in [0.2, 0.25) is 5.91 Å². The molecule has 2 nitrogen and oxygen atoms in total. The van der Waals surface area contributed by atoms with Crippen molar-refractivity contribution in [3.63, 3.8) is 0 Å². The Bertz CT molecular complexity index is 212. The van der Waals surface area contributed by atoms with E-state index in [9.17, 15) is 4.79 Å². The van der Waals surface area contributed by atoms with E-state index < -0.39 is 0 Å². The molecule has 1 saturated carbocycles. The number of halogens is 1. The van der Waals surface area contributed by atoms with Crippen LogP contribution >= 0.6 is 11.6 Å². The molecule has 1 aliphatic carbocycles. The third-order valence-electron chi connectivity index (χ3n) is 3.67. The van der Waals surface area contributed by atoms with Crippen LogP contribution in [-0.4, -0.2) is 18.3 Å². The molecule has 0 radical (unpaired) electrons. The summed E-state index contributed by atoms with van der Waals surface area (Å²) in [7, 11) is 0. The third-order valence-corrected chi connectivity index (χ3v) is 4.13. The van der Waals surface area contributed by atoms with Crippen molar-refractivity contribution in [3.05, 3.63) is 0 Å². The van der Waals surface area contributed by atoms with E-state index in [1.165, 1.54) is 25.7 Å². The highest BCUT2D eigenvalue weighted by Gasteiger charge is 2.18. The monoisotopic (exact) mass is 245 g/mol. The molecule has 0 heterocycles. The second kappa shape index (κ2) is 7.16. The molecule has 0 aromatic rings. The molecule has 1 atom stereocenters. The van der Waals surface area contributed by atoms with Crippen molar-refractivity contribution in [1.82, 2.24) is 5.32 Å². The van der Waals surface area contributed by atoms with Gasteiger partial charge in [0.25, 0.3) is 0 Å². The molecule has 1 N–H and O–H groups in total. The van der Waals surface area contributed by atoms with E-state index >= 15 is 0 Å². The van der Waals surface area contributed by atoms with Crippen LogP contribution in [0.25, 0.3) is 0 Å². The molecule has 0 bridgehead atoms. The summed E-state index contributed by atoms with van der Waals surface area (Å²) < 4.78 is 0. The van der Waals surface area contributed by atoms with Crippen LogP contribution in [0.2, 0.25) is 0 Å². The summed E-state index contributed by atoms with van der Waals surface area (Å²) in [5.74, 6) is 2.17. The fourth-order valence-electron chi connectivity index (χ4n) is 2.26. The number of carbonyl (C=O) groups excluding carboxylic acids is 1. The molecule has 1 rings (SSSR count). The van der Waals surface area contributed by atoms with Crippen LogP contribution in [0, 0.1) is 17.8 Å². The number of hydrogen-bond acceptors (Lipinski definition) is 1. The Kier molecular flexibility index (Phi) is 6.18. The van der Waals surface area contributed by atoms with E-state index in [1.807, 2.05) is 6.92 Å². The normalized spacial score (nSPS) is 27.4. The quantitative estimate of drug-likeness (QED) is 0.741. The van der Waals surface area contributed by atoms with Gasteiger partial charge in [-0.05, 0) is 18.3 Å². The van der Waals surface area contributed by atoms with Crippen molar-refractivity contribution in [1.29, 1.82) is 0 Å². The van der Waals surface area contributed by atoms with Gasteiger partial charge in [0.05, 0.1) is 0 Å². The highest BCUT2D eigenvalue weighted by molar-refractivity contribution is 6.19. The molecular weight excluding hydrogens is 222 g/mol. The van der Waals surface area contributed by atoms with Crippen LogP contribution in [0.4, 0.5) is 0 Å². The zero-order valence-corrected chi connectivity index (χ0v) is 11.2. The van der Waals surface area contributed by atoms with E-state index in [0.717, 1.165) is 24.8 Å². The lowest BCUT2D eigenvalue weighted by molar-refractivity contribution is -0.123. The Morgan fingerprint density at radius 1 is 1.38 bits per heavy atom. The maximum Gasteiger partial charge on any atom is 0.224 e. The van der Waals surface area contributed by atoms with Crippen LogP contribution in [0.1, 0.15) is 46.0 Å². The molecule has 3 heteroatoms. The lowest BCUT2D eigenvalue weighted by atomic mass is 9.81. The van der Waals surface area contributed by atoms with Crippen LogP contribution in [0.3, 0.4) is 0 Å². The Morgan fingerprint density at radius 3 is 2.56 bits per heavy atom. The highest BCUT2D eigenvalue weighted by Crippen LogP contribution is 2.29. The standard InChI is InChI=1S/C13H24ClNO/c1-10-3-5-12(6-4-10)7-8-15-13(16)11(2)9-14/h10-12H,3-9H2,1-2H3,(H,15,16). The van der Waals surface area contributed by atoms with Gasteiger partial charge < -0.3 is 5.32 Å². The van der Waals surface area contributed by atoms with Gasteiger partial charge in [0.15, 0.2) is 0 Å². The van der Waals surface area contributed by atoms with Crippen LogP contribution in [0.15, 0.2) is 0 Å². The predicted octanol–water partition coefficient (Wildman–Crippen LogP) is 3.19. The second-order valence-corrected chi connectivity index (χ2v) is 5.57. The molecule has 16 heavy (non-hydrogen) atoms. The SMILES string of the molecule is CC1CCC(CCNC(=O)C(C)CCl)CC1. The van der Waals surface area contributed by atoms with E-state index in [1.54, 1.807) is 0 Å². The number of nitrogens with one attached hydrogen (secondary N) is 1. The second-order valence-electron chi connectivity index (χ2n) is 5.26. The maximum absolute atomic E-state index is 11.5. The van der Waals surface area contributed by atoms with Crippen LogP contribution in [0.5, 0.6) is 0 Å². The van der Waals surface area contributed by atoms with Crippen molar-refractivity contribution >= 4 is 17.5 Å². The first-order valence-electron chi connectivity index (χ1n) is 6.47. The minimum absolute atomic E-state index is 0.0620. The molecule has 94 valence electrons. The summed E-state index contributed by atoms with van der Waals surface area (Å²) in [4.78, 5) is 11.5. The summed E-state index contributed by atoms with van der Waals surface area (Å²) in [6, 6.07) is 0. The first-order valence-corrected chi connectivity index (χ1v) is 7.00. The van der Waals surface area contributed by atoms with Gasteiger partial charge in [-0.15, -0.1) is 11.6 Å². The van der Waals surface area contributed by atoms with E-state index in [4.69, 9.17) is 11.6 Å². The summed E-state index contributed by atoms with van der Waals surface area (Å²) in [6.45, 7) is 5.02. The first kappa shape index (κ1) is 13.8. The smallest absolute Gasteiger partial charge is 0.224 e. The van der Waals surface area contributed by atoms with Gasteiger partial charge in [0.1, 0.15) is 0 Å². The van der Waals surface area contributed by atoms with Crippen LogP contribution in [-0.2, 0) is 4.79 Å². The van der Waals surface area contributed by atoms with Crippen molar-refractivity contribution in [2.45, 2.75) is 46.0 Å². The van der Waals surface area contributed by atoms with Gasteiger partial charge in [-0.3, -0.25) is 4.79 Å². The first-order chi connectivity index (χ1) is 7.63. The summed E-state index contributed by atoms with van der Waals surface area (Å²) >= 11 is 5.63. The molecule has 1 unspecified atom stereocenters. The van der Waals surface area contributed by atoms with Crippen molar-refractivity contribution in [3.8, 4) is 0 Å². The molecule has 0 aromatic heterocycles. The number of alkyl halides is 1.